The third-order valence-electron chi connectivity index (χ3n) is 2.72. The van der Waals surface area contributed by atoms with E-state index in [-0.39, 0.29) is 17.7 Å². The number of carbonyl (C=O) groups is 2. The van der Waals surface area contributed by atoms with E-state index in [0.717, 1.165) is 4.38 Å². The molecular weight excluding hydrogens is 306 g/mol. The molecule has 0 aromatic carbocycles. The molecule has 0 radical (unpaired) electrons. The van der Waals surface area contributed by atoms with Gasteiger partial charge in [-0.25, -0.2) is 4.79 Å². The molecule has 0 saturated carbocycles. The fraction of sp³-hybridized carbons (Fsp3) is 0.800. The highest BCUT2D eigenvalue weighted by molar-refractivity contribution is 8.38. The minimum absolute atomic E-state index is 0.140. The van der Waals surface area contributed by atoms with Crippen LogP contribution < -0.4 is 0 Å². The molecule has 122 valence electrons. The summed E-state index contributed by atoms with van der Waals surface area (Å²) in [5.74, 6) is -0.387. The van der Waals surface area contributed by atoms with Crippen LogP contribution in [0.15, 0.2) is 4.99 Å². The maximum absolute atomic E-state index is 12.4. The molecule has 0 bridgehead atoms. The highest BCUT2D eigenvalue weighted by Crippen LogP contribution is 2.22. The van der Waals surface area contributed by atoms with Gasteiger partial charge in [0.2, 0.25) is 0 Å². The van der Waals surface area contributed by atoms with E-state index in [1.165, 1.54) is 23.5 Å². The van der Waals surface area contributed by atoms with E-state index in [9.17, 15) is 9.59 Å². The number of rotatable bonds is 6. The topological polar surface area (TPSA) is 55.7 Å². The molecule has 6 heteroatoms. The van der Waals surface area contributed by atoms with E-state index in [1.807, 2.05) is 47.1 Å². The number of ketones is 1. The lowest BCUT2D eigenvalue weighted by Crippen LogP contribution is -2.35. The molecule has 21 heavy (non-hydrogen) atoms. The number of nitrogens with zero attached hydrogens (tertiary/aromatic N) is 1. The largest absolute Gasteiger partial charge is 0.458 e. The van der Waals surface area contributed by atoms with Crippen LogP contribution in [0.3, 0.4) is 0 Å². The van der Waals surface area contributed by atoms with Gasteiger partial charge < -0.3 is 4.74 Å². The van der Waals surface area contributed by atoms with Crippen molar-refractivity contribution >= 4 is 39.7 Å². The molecule has 0 aromatic rings. The Labute approximate surface area is 136 Å². The van der Waals surface area contributed by atoms with Crippen molar-refractivity contribution in [2.75, 3.05) is 12.5 Å². The van der Waals surface area contributed by atoms with Crippen LogP contribution in [0, 0.1) is 5.92 Å². The van der Waals surface area contributed by atoms with E-state index >= 15 is 0 Å². The number of aliphatic imine (C=N–C) groups is 1. The maximum atomic E-state index is 12.4. The normalized spacial score (nSPS) is 14.2. The van der Waals surface area contributed by atoms with Gasteiger partial charge in [0.1, 0.15) is 15.8 Å². The van der Waals surface area contributed by atoms with E-state index in [2.05, 4.69) is 4.99 Å². The molecule has 0 aromatic heterocycles. The Morgan fingerprint density at radius 2 is 1.71 bits per heavy atom. The zero-order chi connectivity index (χ0) is 16.6. The highest BCUT2D eigenvalue weighted by atomic mass is 32.2. The van der Waals surface area contributed by atoms with E-state index in [4.69, 9.17) is 4.74 Å². The van der Waals surface area contributed by atoms with Crippen molar-refractivity contribution < 1.29 is 14.3 Å². The van der Waals surface area contributed by atoms with Crippen molar-refractivity contribution in [1.82, 2.24) is 0 Å². The number of Topliss-reactive ketones (excluding diaryl/α,β-unsaturated/α-hetero) is 1. The van der Waals surface area contributed by atoms with Gasteiger partial charge >= 0.3 is 5.97 Å². The molecule has 0 amide bonds. The summed E-state index contributed by atoms with van der Waals surface area (Å²) < 4.78 is 6.27. The molecule has 0 heterocycles. The first-order valence-electron chi connectivity index (χ1n) is 7.04. The number of hydrogen-bond acceptors (Lipinski definition) is 6. The molecule has 0 spiro atoms. The quantitative estimate of drug-likeness (QED) is 0.420. The molecular formula is C15H27NO3S2. The first-order chi connectivity index (χ1) is 9.64. The molecule has 0 aliphatic heterocycles. The summed E-state index contributed by atoms with van der Waals surface area (Å²) in [7, 11) is 0. The lowest BCUT2D eigenvalue weighted by atomic mass is 9.95. The number of thioether (sulfide) groups is 2. The van der Waals surface area contributed by atoms with Gasteiger partial charge in [-0.05, 0) is 39.2 Å². The molecule has 4 nitrogen and oxygen atoms in total. The minimum Gasteiger partial charge on any atom is -0.458 e. The molecule has 0 saturated heterocycles. The molecule has 0 aliphatic carbocycles. The smallest absolute Gasteiger partial charge is 0.331 e. The van der Waals surface area contributed by atoms with Gasteiger partial charge in [0, 0.05) is 12.8 Å². The van der Waals surface area contributed by atoms with Gasteiger partial charge in [0.25, 0.3) is 0 Å². The van der Waals surface area contributed by atoms with E-state index in [0.29, 0.717) is 12.8 Å². The Morgan fingerprint density at radius 1 is 1.19 bits per heavy atom. The number of ether oxygens (including phenoxy) is 1. The summed E-state index contributed by atoms with van der Waals surface area (Å²) in [6.07, 6.45) is 4.67. The summed E-state index contributed by atoms with van der Waals surface area (Å²) in [4.78, 5) is 28.5. The van der Waals surface area contributed by atoms with Crippen LogP contribution in [0.25, 0.3) is 0 Å². The van der Waals surface area contributed by atoms with Crippen LogP contribution in [-0.4, -0.2) is 40.3 Å². The summed E-state index contributed by atoms with van der Waals surface area (Å²) in [6, 6.07) is -0.630. The minimum atomic E-state index is -0.630. The average molecular weight is 334 g/mol. The predicted molar refractivity (Wildman–Crippen MR) is 93.2 cm³/mol. The number of carbonyl (C=O) groups excluding carboxylic acids is 2. The predicted octanol–water partition coefficient (Wildman–Crippen LogP) is 3.78. The Hall–Kier alpha value is -0.490. The van der Waals surface area contributed by atoms with Crippen LogP contribution in [0.4, 0.5) is 0 Å². The van der Waals surface area contributed by atoms with Crippen molar-refractivity contribution in [1.29, 1.82) is 0 Å². The summed E-state index contributed by atoms with van der Waals surface area (Å²) in [5.41, 5.74) is -0.557. The second kappa shape index (κ2) is 9.51. The fourth-order valence-corrected chi connectivity index (χ4v) is 2.80. The second-order valence-corrected chi connectivity index (χ2v) is 7.70. The fourth-order valence-electron chi connectivity index (χ4n) is 1.69. The SMILES string of the molecule is CCC(=O)C[C@H](C)[C@H](N=C(SC)SC)C(=O)OC(C)(C)C. The van der Waals surface area contributed by atoms with Crippen molar-refractivity contribution in [3.63, 3.8) is 0 Å². The Kier molecular flexibility index (Phi) is 9.29. The van der Waals surface area contributed by atoms with Gasteiger partial charge in [-0.2, -0.15) is 0 Å². The zero-order valence-corrected chi connectivity index (χ0v) is 15.7. The zero-order valence-electron chi connectivity index (χ0n) is 14.1. The first-order valence-corrected chi connectivity index (χ1v) is 9.49. The highest BCUT2D eigenvalue weighted by Gasteiger charge is 2.30. The van der Waals surface area contributed by atoms with Gasteiger partial charge in [-0.15, -0.1) is 23.5 Å². The van der Waals surface area contributed by atoms with Crippen LogP contribution >= 0.6 is 23.5 Å². The second-order valence-electron chi connectivity index (χ2n) is 5.86. The Morgan fingerprint density at radius 3 is 2.10 bits per heavy atom. The summed E-state index contributed by atoms with van der Waals surface area (Å²) in [5, 5.41) is 0. The van der Waals surface area contributed by atoms with Crippen molar-refractivity contribution in [2.45, 2.75) is 59.1 Å². The van der Waals surface area contributed by atoms with Gasteiger partial charge in [0.15, 0.2) is 6.04 Å². The summed E-state index contributed by atoms with van der Waals surface area (Å²) >= 11 is 2.99. The van der Waals surface area contributed by atoms with Gasteiger partial charge in [-0.1, -0.05) is 13.8 Å². The summed E-state index contributed by atoms with van der Waals surface area (Å²) in [6.45, 7) is 9.20. The van der Waals surface area contributed by atoms with E-state index < -0.39 is 11.6 Å². The lowest BCUT2D eigenvalue weighted by molar-refractivity contribution is -0.157. The number of esters is 1. The van der Waals surface area contributed by atoms with Crippen molar-refractivity contribution in [3.8, 4) is 0 Å². The average Bonchev–Trinajstić information content (AvgIpc) is 2.37. The van der Waals surface area contributed by atoms with Crippen LogP contribution in [0.5, 0.6) is 0 Å². The first kappa shape index (κ1) is 20.5. The Bertz CT molecular complexity index is 383. The molecule has 2 atom stereocenters. The van der Waals surface area contributed by atoms with E-state index in [1.54, 1.807) is 0 Å². The van der Waals surface area contributed by atoms with Gasteiger partial charge in [0.05, 0.1) is 0 Å². The third-order valence-corrected chi connectivity index (χ3v) is 4.63. The monoisotopic (exact) mass is 333 g/mol. The molecule has 0 unspecified atom stereocenters. The molecule has 0 aliphatic rings. The molecule has 0 rings (SSSR count). The Balaban J connectivity index is 5.22. The molecule has 0 fully saturated rings. The van der Waals surface area contributed by atoms with Crippen molar-refractivity contribution in [2.24, 2.45) is 10.9 Å². The standard InChI is InChI=1S/C15H27NO3S2/c1-8-11(17)9-10(2)12(16-14(20-6)21-7)13(18)19-15(3,4)5/h10,12H,8-9H2,1-7H3/t10-,12-/m0/s1. The third kappa shape index (κ3) is 8.51. The molecule has 0 N–H and O–H groups in total. The van der Waals surface area contributed by atoms with Crippen molar-refractivity contribution in [3.05, 3.63) is 0 Å². The van der Waals surface area contributed by atoms with Crippen LogP contribution in [0.2, 0.25) is 0 Å². The van der Waals surface area contributed by atoms with Gasteiger partial charge in [-0.3, -0.25) is 9.79 Å². The number of hydrogen-bond donors (Lipinski definition) is 0. The maximum Gasteiger partial charge on any atom is 0.331 e. The van der Waals surface area contributed by atoms with Crippen LogP contribution in [0.1, 0.15) is 47.5 Å². The lowest BCUT2D eigenvalue weighted by Gasteiger charge is -2.25. The van der Waals surface area contributed by atoms with Crippen LogP contribution in [-0.2, 0) is 14.3 Å².